The average Bonchev–Trinajstić information content (AvgIpc) is 3.50. The fraction of sp³-hybridized carbons (Fsp3) is 0.579. The molecule has 2 atom stereocenters. The fourth-order valence-corrected chi connectivity index (χ4v) is 3.50. The van der Waals surface area contributed by atoms with Gasteiger partial charge in [0, 0.05) is 38.8 Å². The van der Waals surface area contributed by atoms with Gasteiger partial charge in [-0.3, -0.25) is 14.5 Å². The van der Waals surface area contributed by atoms with Crippen LogP contribution in [0, 0.1) is 11.8 Å². The van der Waals surface area contributed by atoms with E-state index in [1.54, 1.807) is 0 Å². The Balaban J connectivity index is 1.22. The molecule has 3 aliphatic rings. The van der Waals surface area contributed by atoms with Crippen molar-refractivity contribution in [2.45, 2.75) is 31.8 Å². The molecule has 4 rings (SSSR count). The molecule has 1 aromatic carbocycles. The average molecular weight is 327 g/mol. The van der Waals surface area contributed by atoms with E-state index < -0.39 is 0 Å². The number of nitrogens with zero attached hydrogens (tertiary/aromatic N) is 2. The van der Waals surface area contributed by atoms with Crippen LogP contribution < -0.4 is 5.32 Å². The second-order valence-corrected chi connectivity index (χ2v) is 7.32. The Morgan fingerprint density at radius 3 is 2.38 bits per heavy atom. The smallest absolute Gasteiger partial charge is 0.226 e. The zero-order valence-corrected chi connectivity index (χ0v) is 14.0. The van der Waals surface area contributed by atoms with Gasteiger partial charge >= 0.3 is 0 Å². The van der Waals surface area contributed by atoms with E-state index in [-0.39, 0.29) is 23.7 Å². The molecule has 1 aromatic rings. The number of nitrogens with one attached hydrogen (secondary N) is 1. The summed E-state index contributed by atoms with van der Waals surface area (Å²) >= 11 is 0. The van der Waals surface area contributed by atoms with Crippen LogP contribution in [0.25, 0.3) is 0 Å². The molecule has 2 aliphatic carbocycles. The standard InChI is InChI=1S/C19H25N3O2/c23-18(20-15-6-7-15)16-12-17(16)19(24)22-10-8-21(9-11-22)13-14-4-2-1-3-5-14/h1-5,15-17H,6-13H2,(H,20,23). The van der Waals surface area contributed by atoms with Crippen molar-refractivity contribution >= 4 is 11.8 Å². The summed E-state index contributed by atoms with van der Waals surface area (Å²) in [5, 5.41) is 3.02. The molecule has 0 bridgehead atoms. The van der Waals surface area contributed by atoms with Crippen LogP contribution in [0.3, 0.4) is 0 Å². The fourth-order valence-electron chi connectivity index (χ4n) is 3.50. The highest BCUT2D eigenvalue weighted by Crippen LogP contribution is 2.41. The third-order valence-electron chi connectivity index (χ3n) is 5.30. The van der Waals surface area contributed by atoms with Crippen LogP contribution in [0.2, 0.25) is 0 Å². The quantitative estimate of drug-likeness (QED) is 0.885. The Morgan fingerprint density at radius 1 is 1.00 bits per heavy atom. The first-order valence-electron chi connectivity index (χ1n) is 9.06. The van der Waals surface area contributed by atoms with Gasteiger partial charge in [-0.25, -0.2) is 0 Å². The molecule has 1 N–H and O–H groups in total. The third kappa shape index (κ3) is 3.61. The van der Waals surface area contributed by atoms with Gasteiger partial charge in [0.2, 0.25) is 11.8 Å². The Bertz CT molecular complexity index is 606. The predicted octanol–water partition coefficient (Wildman–Crippen LogP) is 1.25. The van der Waals surface area contributed by atoms with Gasteiger partial charge in [0.15, 0.2) is 0 Å². The Kier molecular flexibility index (Phi) is 4.27. The number of amides is 2. The molecule has 1 saturated heterocycles. The summed E-state index contributed by atoms with van der Waals surface area (Å²) in [5.41, 5.74) is 1.32. The molecule has 0 aromatic heterocycles. The molecule has 2 saturated carbocycles. The van der Waals surface area contributed by atoms with Gasteiger partial charge in [-0.2, -0.15) is 0 Å². The minimum atomic E-state index is -0.0690. The van der Waals surface area contributed by atoms with Crippen molar-refractivity contribution < 1.29 is 9.59 Å². The molecule has 1 aliphatic heterocycles. The zero-order chi connectivity index (χ0) is 16.5. The van der Waals surface area contributed by atoms with Gasteiger partial charge in [-0.15, -0.1) is 0 Å². The van der Waals surface area contributed by atoms with Crippen molar-refractivity contribution in [2.24, 2.45) is 11.8 Å². The number of carbonyl (C=O) groups excluding carboxylic acids is 2. The number of carbonyl (C=O) groups is 2. The summed E-state index contributed by atoms with van der Waals surface area (Å²) in [4.78, 5) is 28.9. The maximum absolute atomic E-state index is 12.6. The lowest BCUT2D eigenvalue weighted by atomic mass is 10.2. The summed E-state index contributed by atoms with van der Waals surface area (Å²) in [6.07, 6.45) is 2.93. The van der Waals surface area contributed by atoms with E-state index >= 15 is 0 Å². The van der Waals surface area contributed by atoms with E-state index in [1.165, 1.54) is 5.56 Å². The Labute approximate surface area is 143 Å². The Hall–Kier alpha value is -1.88. The van der Waals surface area contributed by atoms with Crippen LogP contribution in [0.15, 0.2) is 30.3 Å². The molecule has 3 fully saturated rings. The first-order valence-corrected chi connectivity index (χ1v) is 9.06. The van der Waals surface area contributed by atoms with E-state index in [0.29, 0.717) is 6.04 Å². The number of hydrogen-bond acceptors (Lipinski definition) is 3. The highest BCUT2D eigenvalue weighted by Gasteiger charge is 2.50. The van der Waals surface area contributed by atoms with Crippen LogP contribution in [-0.4, -0.2) is 53.8 Å². The Morgan fingerprint density at radius 2 is 1.71 bits per heavy atom. The van der Waals surface area contributed by atoms with Crippen LogP contribution in [0.5, 0.6) is 0 Å². The van der Waals surface area contributed by atoms with Crippen molar-refractivity contribution in [1.82, 2.24) is 15.1 Å². The van der Waals surface area contributed by atoms with Crippen molar-refractivity contribution in [2.75, 3.05) is 26.2 Å². The predicted molar refractivity (Wildman–Crippen MR) is 91.1 cm³/mol. The van der Waals surface area contributed by atoms with E-state index in [0.717, 1.165) is 52.0 Å². The number of rotatable bonds is 5. The van der Waals surface area contributed by atoms with Crippen LogP contribution >= 0.6 is 0 Å². The molecule has 2 unspecified atom stereocenters. The number of benzene rings is 1. The maximum Gasteiger partial charge on any atom is 0.226 e. The lowest BCUT2D eigenvalue weighted by Gasteiger charge is -2.35. The summed E-state index contributed by atoms with van der Waals surface area (Å²) in [7, 11) is 0. The van der Waals surface area contributed by atoms with Crippen LogP contribution in [-0.2, 0) is 16.1 Å². The molecule has 128 valence electrons. The van der Waals surface area contributed by atoms with Gasteiger partial charge in [0.1, 0.15) is 0 Å². The van der Waals surface area contributed by atoms with Gasteiger partial charge in [0.25, 0.3) is 0 Å². The molecule has 5 heteroatoms. The molecule has 0 radical (unpaired) electrons. The van der Waals surface area contributed by atoms with Gasteiger partial charge < -0.3 is 10.2 Å². The van der Waals surface area contributed by atoms with Crippen molar-refractivity contribution in [1.29, 1.82) is 0 Å². The second-order valence-electron chi connectivity index (χ2n) is 7.32. The summed E-state index contributed by atoms with van der Waals surface area (Å²) in [6, 6.07) is 10.8. The van der Waals surface area contributed by atoms with Crippen LogP contribution in [0.4, 0.5) is 0 Å². The molecule has 5 nitrogen and oxygen atoms in total. The van der Waals surface area contributed by atoms with Crippen molar-refractivity contribution in [3.8, 4) is 0 Å². The molecular weight excluding hydrogens is 302 g/mol. The zero-order valence-electron chi connectivity index (χ0n) is 14.0. The van der Waals surface area contributed by atoms with Gasteiger partial charge in [0.05, 0.1) is 11.8 Å². The largest absolute Gasteiger partial charge is 0.353 e. The van der Waals surface area contributed by atoms with E-state index in [2.05, 4.69) is 34.5 Å². The molecule has 24 heavy (non-hydrogen) atoms. The minimum Gasteiger partial charge on any atom is -0.353 e. The summed E-state index contributed by atoms with van der Waals surface area (Å²) in [6.45, 7) is 4.32. The summed E-state index contributed by atoms with van der Waals surface area (Å²) < 4.78 is 0. The number of hydrogen-bond donors (Lipinski definition) is 1. The highest BCUT2D eigenvalue weighted by atomic mass is 16.2. The van der Waals surface area contributed by atoms with E-state index in [9.17, 15) is 9.59 Å². The second kappa shape index (κ2) is 6.55. The normalized spacial score (nSPS) is 26.9. The van der Waals surface area contributed by atoms with E-state index in [1.807, 2.05) is 11.0 Å². The van der Waals surface area contributed by atoms with Crippen molar-refractivity contribution in [3.63, 3.8) is 0 Å². The van der Waals surface area contributed by atoms with E-state index in [4.69, 9.17) is 0 Å². The molecular formula is C19H25N3O2. The minimum absolute atomic E-state index is 0.0653. The van der Waals surface area contributed by atoms with Gasteiger partial charge in [-0.1, -0.05) is 30.3 Å². The monoisotopic (exact) mass is 327 g/mol. The number of piperazine rings is 1. The maximum atomic E-state index is 12.6. The highest BCUT2D eigenvalue weighted by molar-refractivity contribution is 5.92. The topological polar surface area (TPSA) is 52.7 Å². The first-order chi connectivity index (χ1) is 11.7. The van der Waals surface area contributed by atoms with Crippen LogP contribution in [0.1, 0.15) is 24.8 Å². The van der Waals surface area contributed by atoms with Gasteiger partial charge in [-0.05, 0) is 24.8 Å². The summed E-state index contributed by atoms with van der Waals surface area (Å²) in [5.74, 6) is 0.147. The third-order valence-corrected chi connectivity index (χ3v) is 5.30. The lowest BCUT2D eigenvalue weighted by molar-refractivity contribution is -0.136. The first kappa shape index (κ1) is 15.6. The lowest BCUT2D eigenvalue weighted by Crippen LogP contribution is -2.49. The molecule has 0 spiro atoms. The van der Waals surface area contributed by atoms with Crippen molar-refractivity contribution in [3.05, 3.63) is 35.9 Å². The molecule has 1 heterocycles. The SMILES string of the molecule is O=C(NC1CC1)C1CC1C(=O)N1CCN(Cc2ccccc2)CC1. The molecule has 2 amide bonds.